The molecule has 4 nitrogen and oxygen atoms in total. The Bertz CT molecular complexity index is 584. The molecule has 0 radical (unpaired) electrons. The minimum Gasteiger partial charge on any atom is -0.299 e. The van der Waals surface area contributed by atoms with Crippen LogP contribution in [0.25, 0.3) is 0 Å². The van der Waals surface area contributed by atoms with E-state index in [1.54, 1.807) is 24.3 Å². The molecule has 1 heterocycles. The normalized spacial score (nSPS) is 14.3. The lowest BCUT2D eigenvalue weighted by atomic mass is 9.83. The number of unbranched alkanes of at least 4 members (excludes halogenated alkanes) is 2. The van der Waals surface area contributed by atoms with E-state index in [0.29, 0.717) is 29.9 Å². The molecule has 0 fully saturated rings. The highest BCUT2D eigenvalue weighted by atomic mass is 16.2. The maximum Gasteiger partial charge on any atom is 0.261 e. The third kappa shape index (κ3) is 3.69. The number of amides is 2. The predicted molar refractivity (Wildman–Crippen MR) is 89.4 cm³/mol. The first-order valence-electron chi connectivity index (χ1n) is 8.37. The van der Waals surface area contributed by atoms with Crippen LogP contribution in [0.3, 0.4) is 0 Å². The second-order valence-corrected chi connectivity index (χ2v) is 6.78. The van der Waals surface area contributed by atoms with Crippen molar-refractivity contribution in [2.45, 2.75) is 52.9 Å². The molecule has 0 unspecified atom stereocenters. The first kappa shape index (κ1) is 17.4. The van der Waals surface area contributed by atoms with Gasteiger partial charge >= 0.3 is 0 Å². The van der Waals surface area contributed by atoms with Crippen LogP contribution in [0.15, 0.2) is 24.3 Å². The summed E-state index contributed by atoms with van der Waals surface area (Å²) in [6, 6.07) is 6.94. The van der Waals surface area contributed by atoms with Crippen LogP contribution in [-0.4, -0.2) is 29.0 Å². The predicted octanol–water partition coefficient (Wildman–Crippen LogP) is 3.85. The lowest BCUT2D eigenvalue weighted by Crippen LogP contribution is -2.30. The van der Waals surface area contributed by atoms with E-state index in [-0.39, 0.29) is 17.2 Å². The summed E-state index contributed by atoms with van der Waals surface area (Å²) in [6.45, 7) is 6.42. The number of ketones is 1. The molecule has 1 aromatic rings. The summed E-state index contributed by atoms with van der Waals surface area (Å²) in [7, 11) is 0. The van der Waals surface area contributed by atoms with Gasteiger partial charge in [-0.2, -0.15) is 0 Å². The van der Waals surface area contributed by atoms with Gasteiger partial charge in [-0.3, -0.25) is 19.3 Å². The molecule has 0 spiro atoms. The minimum absolute atomic E-state index is 0.200. The molecule has 0 saturated carbocycles. The van der Waals surface area contributed by atoms with Gasteiger partial charge in [-0.1, -0.05) is 39.3 Å². The van der Waals surface area contributed by atoms with Crippen molar-refractivity contribution in [3.8, 4) is 0 Å². The Morgan fingerprint density at radius 3 is 2.09 bits per heavy atom. The van der Waals surface area contributed by atoms with E-state index in [9.17, 15) is 14.4 Å². The number of carbonyl (C=O) groups is 3. The highest BCUT2D eigenvalue weighted by molar-refractivity contribution is 6.21. The minimum atomic E-state index is -0.247. The van der Waals surface area contributed by atoms with Gasteiger partial charge in [0.1, 0.15) is 5.78 Å². The van der Waals surface area contributed by atoms with Gasteiger partial charge in [0, 0.05) is 18.4 Å². The zero-order chi connectivity index (χ0) is 17.0. The SMILES string of the molecule is CCC(C)(C)C(=O)CCCCCN1C(=O)c2ccccc2C1=O. The molecule has 0 aliphatic carbocycles. The lowest BCUT2D eigenvalue weighted by Gasteiger charge is -2.20. The topological polar surface area (TPSA) is 54.5 Å². The second kappa shape index (κ2) is 7.07. The second-order valence-electron chi connectivity index (χ2n) is 6.78. The Hall–Kier alpha value is -1.97. The highest BCUT2D eigenvalue weighted by Gasteiger charge is 2.34. The number of hydrogen-bond donors (Lipinski definition) is 0. The van der Waals surface area contributed by atoms with Crippen LogP contribution < -0.4 is 0 Å². The number of hydrogen-bond acceptors (Lipinski definition) is 3. The Morgan fingerprint density at radius 2 is 1.57 bits per heavy atom. The first-order chi connectivity index (χ1) is 10.9. The zero-order valence-corrected chi connectivity index (χ0v) is 14.2. The number of carbonyl (C=O) groups excluding carboxylic acids is 3. The average molecular weight is 315 g/mol. The van der Waals surface area contributed by atoms with Gasteiger partial charge in [0.05, 0.1) is 11.1 Å². The fraction of sp³-hybridized carbons (Fsp3) is 0.526. The van der Waals surface area contributed by atoms with E-state index >= 15 is 0 Å². The third-order valence-corrected chi connectivity index (χ3v) is 4.80. The van der Waals surface area contributed by atoms with Crippen molar-refractivity contribution in [3.05, 3.63) is 35.4 Å². The van der Waals surface area contributed by atoms with Crippen LogP contribution in [0.4, 0.5) is 0 Å². The van der Waals surface area contributed by atoms with E-state index in [1.807, 2.05) is 20.8 Å². The fourth-order valence-electron chi connectivity index (χ4n) is 2.71. The highest BCUT2D eigenvalue weighted by Crippen LogP contribution is 2.25. The molecule has 1 aliphatic heterocycles. The van der Waals surface area contributed by atoms with Crippen molar-refractivity contribution in [3.63, 3.8) is 0 Å². The maximum absolute atomic E-state index is 12.2. The summed E-state index contributed by atoms with van der Waals surface area (Å²) >= 11 is 0. The summed E-state index contributed by atoms with van der Waals surface area (Å²) in [5.74, 6) is -0.108. The molecule has 0 bridgehead atoms. The fourth-order valence-corrected chi connectivity index (χ4v) is 2.71. The van der Waals surface area contributed by atoms with E-state index in [4.69, 9.17) is 0 Å². The van der Waals surface area contributed by atoms with Crippen LogP contribution in [0.5, 0.6) is 0 Å². The van der Waals surface area contributed by atoms with Crippen molar-refractivity contribution in [2.75, 3.05) is 6.54 Å². The van der Waals surface area contributed by atoms with Crippen molar-refractivity contribution < 1.29 is 14.4 Å². The molecular formula is C19H25NO3. The van der Waals surface area contributed by atoms with Crippen molar-refractivity contribution in [2.24, 2.45) is 5.41 Å². The molecule has 23 heavy (non-hydrogen) atoms. The average Bonchev–Trinajstić information content (AvgIpc) is 2.79. The van der Waals surface area contributed by atoms with Crippen molar-refractivity contribution in [1.82, 2.24) is 4.90 Å². The van der Waals surface area contributed by atoms with Gasteiger partial charge in [-0.25, -0.2) is 0 Å². The monoisotopic (exact) mass is 315 g/mol. The Morgan fingerprint density at radius 1 is 1.00 bits per heavy atom. The van der Waals surface area contributed by atoms with Gasteiger partial charge < -0.3 is 0 Å². The molecule has 0 saturated heterocycles. The Balaban J connectivity index is 1.77. The quantitative estimate of drug-likeness (QED) is 0.541. The first-order valence-corrected chi connectivity index (χ1v) is 8.37. The summed E-state index contributed by atoms with van der Waals surface area (Å²) < 4.78 is 0. The smallest absolute Gasteiger partial charge is 0.261 e. The molecular weight excluding hydrogens is 290 g/mol. The van der Waals surface area contributed by atoms with E-state index < -0.39 is 0 Å². The number of rotatable bonds is 8. The number of nitrogens with zero attached hydrogens (tertiary/aromatic N) is 1. The van der Waals surface area contributed by atoms with Crippen molar-refractivity contribution in [1.29, 1.82) is 0 Å². The Kier molecular flexibility index (Phi) is 5.34. The van der Waals surface area contributed by atoms with E-state index in [0.717, 1.165) is 25.7 Å². The van der Waals surface area contributed by atoms with Gasteiger partial charge in [0.25, 0.3) is 11.8 Å². The molecule has 124 valence electrons. The summed E-state index contributed by atoms with van der Waals surface area (Å²) in [6.07, 6.45) is 3.82. The molecule has 2 amide bonds. The number of fused-ring (bicyclic) bond motifs is 1. The number of imide groups is 1. The van der Waals surface area contributed by atoms with Crippen LogP contribution in [0, 0.1) is 5.41 Å². The van der Waals surface area contributed by atoms with Crippen LogP contribution >= 0.6 is 0 Å². The largest absolute Gasteiger partial charge is 0.299 e. The standard InChI is InChI=1S/C19H25NO3/c1-4-19(2,3)16(21)12-6-5-9-13-20-17(22)14-10-7-8-11-15(14)18(20)23/h7-8,10-11H,4-6,9,12-13H2,1-3H3. The van der Waals surface area contributed by atoms with E-state index in [2.05, 4.69) is 0 Å². The van der Waals surface area contributed by atoms with Gasteiger partial charge in [-0.05, 0) is 31.4 Å². The molecule has 0 atom stereocenters. The van der Waals surface area contributed by atoms with Crippen LogP contribution in [-0.2, 0) is 4.79 Å². The zero-order valence-electron chi connectivity index (χ0n) is 14.2. The number of benzene rings is 1. The summed E-state index contributed by atoms with van der Waals surface area (Å²) in [5.41, 5.74) is 0.748. The molecule has 0 aromatic heterocycles. The summed E-state index contributed by atoms with van der Waals surface area (Å²) in [5, 5.41) is 0. The molecule has 1 aliphatic rings. The number of Topliss-reactive ketones (excluding diaryl/α,β-unsaturated/α-hetero) is 1. The van der Waals surface area contributed by atoms with Gasteiger partial charge in [-0.15, -0.1) is 0 Å². The van der Waals surface area contributed by atoms with E-state index in [1.165, 1.54) is 4.90 Å². The van der Waals surface area contributed by atoms with Crippen LogP contribution in [0.1, 0.15) is 73.6 Å². The van der Waals surface area contributed by atoms with Crippen LogP contribution in [0.2, 0.25) is 0 Å². The lowest BCUT2D eigenvalue weighted by molar-refractivity contribution is -0.127. The molecule has 1 aromatic carbocycles. The van der Waals surface area contributed by atoms with Gasteiger partial charge in [0.2, 0.25) is 0 Å². The molecule has 0 N–H and O–H groups in total. The van der Waals surface area contributed by atoms with Gasteiger partial charge in [0.15, 0.2) is 0 Å². The molecule has 4 heteroatoms. The third-order valence-electron chi connectivity index (χ3n) is 4.80. The Labute approximate surface area is 137 Å². The molecule has 2 rings (SSSR count). The maximum atomic E-state index is 12.2. The summed E-state index contributed by atoms with van der Waals surface area (Å²) in [4.78, 5) is 37.8. The van der Waals surface area contributed by atoms with Crippen molar-refractivity contribution >= 4 is 17.6 Å².